The van der Waals surface area contributed by atoms with Crippen molar-refractivity contribution in [3.63, 3.8) is 0 Å². The molecule has 610 valence electrons. The molecule has 0 amide bonds. The van der Waals surface area contributed by atoms with E-state index in [9.17, 15) is 8.78 Å². The molecule has 12 nitrogen and oxygen atoms in total. The van der Waals surface area contributed by atoms with Crippen LogP contribution in [-0.2, 0) is 34.6 Å². The average Bonchev–Trinajstić information content (AvgIpc) is 1.45. The van der Waals surface area contributed by atoms with Crippen molar-refractivity contribution in [1.29, 1.82) is 0 Å². The van der Waals surface area contributed by atoms with Crippen molar-refractivity contribution >= 4 is 88.3 Å². The lowest BCUT2D eigenvalue weighted by atomic mass is 9.90. The first kappa shape index (κ1) is 64.8. The standard InChI is InChI=1S/C30H30FN2O.C28H26FN2O.C25H20FN2O.C25H21N2O/c1-17(2)24-14-21(15-25(18(3)4)28(24)31)20-10-12-26(33(6)16-20)27-19(5)9-11-22-23-8-7-13-32-30(23)34-29(22)27;1-17(2)14-21-15-19(8-11-24(21)29)20-9-12-25(31(4)16-20)26-18(3)7-10-22-23-6-5-13-30-28(23)32-27(22)26;1-15-4-10-20-21-11-5-16(2)27-25(21)29-24(20)23(15)22-14-18(12-13-28(22)3)17-6-8-19(26)9-7-17;1-16-9-11-20-21-12-10-17(2)26-25(21)28-24(20)23(16)22-15-19(13-14-27(22)3)18-7-5-4-6-8-18/h7-18H,1-6H3;5-13,15-17H,14H2,1-4H3;4-14H,1-3H3;4-15H,1-3H3/q4*+1/i1D3,2D3,3D3,17D,18D;1D3,17D;;. The zero-order chi connectivity index (χ0) is 98.7. The van der Waals surface area contributed by atoms with Crippen LogP contribution in [0.2, 0.25) is 0 Å². The molecule has 0 aliphatic heterocycles. The fourth-order valence-electron chi connectivity index (χ4n) is 16.4. The lowest BCUT2D eigenvalue weighted by Gasteiger charge is -2.16. The summed E-state index contributed by atoms with van der Waals surface area (Å²) in [5, 5.41) is 7.90. The number of nitrogens with zero attached hydrogens (tertiary/aromatic N) is 8. The first-order valence-electron chi connectivity index (χ1n) is 47.8. The molecule has 2 unspecified atom stereocenters. The van der Waals surface area contributed by atoms with E-state index in [0.717, 1.165) is 169 Å². The average molecular weight is 1640 g/mol. The summed E-state index contributed by atoms with van der Waals surface area (Å²) in [5.74, 6) is -10.2. The Bertz CT molecular complexity index is 8190. The molecular formula is C108H97F3N8O4+4. The first-order chi connectivity index (χ1) is 65.2. The smallest absolute Gasteiger partial charge is 0.227 e. The van der Waals surface area contributed by atoms with Gasteiger partial charge in [0.1, 0.15) is 45.6 Å². The Morgan fingerprint density at radius 1 is 0.350 bits per heavy atom. The summed E-state index contributed by atoms with van der Waals surface area (Å²) >= 11 is 0. The molecule has 12 aromatic heterocycles. The van der Waals surface area contributed by atoms with Gasteiger partial charge in [0.05, 0.1) is 22.3 Å². The molecule has 0 radical (unpaired) electrons. The molecule has 0 N–H and O–H groups in total. The second-order valence-electron chi connectivity index (χ2n) is 31.4. The van der Waals surface area contributed by atoms with Gasteiger partial charge in [-0.25, -0.2) is 51.4 Å². The van der Waals surface area contributed by atoms with Crippen LogP contribution >= 0.6 is 0 Å². The quantitative estimate of drug-likeness (QED) is 0.111. The molecule has 0 fully saturated rings. The molecule has 0 aliphatic carbocycles. The van der Waals surface area contributed by atoms with E-state index in [1.54, 1.807) is 66.6 Å². The first-order valence-corrected chi connectivity index (χ1v) is 40.3. The van der Waals surface area contributed by atoms with E-state index in [2.05, 4.69) is 147 Å². The topological polar surface area (TPSA) is 120 Å². The largest absolute Gasteiger partial charge is 0.437 e. The van der Waals surface area contributed by atoms with E-state index in [1.807, 2.05) is 132 Å². The molecule has 0 saturated heterocycles. The van der Waals surface area contributed by atoms with Crippen LogP contribution in [-0.4, -0.2) is 19.9 Å². The number of hydrogen-bond donors (Lipinski definition) is 0. The van der Waals surface area contributed by atoms with Crippen molar-refractivity contribution < 1.29 is 69.7 Å². The minimum Gasteiger partial charge on any atom is -0.437 e. The summed E-state index contributed by atoms with van der Waals surface area (Å²) in [6.45, 7) is 1.71. The highest BCUT2D eigenvalue weighted by atomic mass is 19.1. The maximum atomic E-state index is 16.2. The number of furan rings is 4. The van der Waals surface area contributed by atoms with Gasteiger partial charge in [0.2, 0.25) is 45.6 Å². The number of halogens is 3. The van der Waals surface area contributed by atoms with Crippen LogP contribution in [0.4, 0.5) is 13.2 Å². The van der Waals surface area contributed by atoms with E-state index >= 15 is 4.39 Å². The van der Waals surface area contributed by atoms with Gasteiger partial charge in [-0.15, -0.1) is 0 Å². The number of fused-ring (bicyclic) bond motifs is 12. The third-order valence-corrected chi connectivity index (χ3v) is 22.8. The molecule has 20 rings (SSSR count). The van der Waals surface area contributed by atoms with Crippen molar-refractivity contribution in [1.82, 2.24) is 19.9 Å². The molecule has 12 heterocycles. The fourth-order valence-corrected chi connectivity index (χ4v) is 16.4. The number of benzene rings is 8. The highest BCUT2D eigenvalue weighted by Crippen LogP contribution is 2.43. The maximum absolute atomic E-state index is 16.2. The highest BCUT2D eigenvalue weighted by Gasteiger charge is 2.29. The molecule has 2 atom stereocenters. The molecule has 123 heavy (non-hydrogen) atoms. The molecular weight excluding hydrogens is 1530 g/mol. The summed E-state index contributed by atoms with van der Waals surface area (Å²) in [5.41, 5.74) is 24.2. The molecule has 0 bridgehead atoms. The Morgan fingerprint density at radius 3 is 1.20 bits per heavy atom. The van der Waals surface area contributed by atoms with Gasteiger partial charge in [-0.2, -0.15) is 0 Å². The van der Waals surface area contributed by atoms with E-state index in [0.29, 0.717) is 39.7 Å². The minimum atomic E-state index is -3.54. The molecule has 0 aliphatic rings. The van der Waals surface area contributed by atoms with Crippen LogP contribution in [0.25, 0.3) is 178 Å². The van der Waals surface area contributed by atoms with Crippen molar-refractivity contribution in [3.8, 4) is 89.5 Å². The number of pyridine rings is 8. The van der Waals surface area contributed by atoms with Gasteiger partial charge in [0.25, 0.3) is 0 Å². The fraction of sp³-hybridized carbons (Fsp3) is 0.185. The van der Waals surface area contributed by atoms with Crippen LogP contribution < -0.4 is 18.3 Å². The van der Waals surface area contributed by atoms with E-state index in [1.165, 1.54) is 41.8 Å². The predicted octanol–water partition coefficient (Wildman–Crippen LogP) is 26.3. The van der Waals surface area contributed by atoms with E-state index < -0.39 is 67.9 Å². The van der Waals surface area contributed by atoms with Gasteiger partial charge >= 0.3 is 0 Å². The van der Waals surface area contributed by atoms with Gasteiger partial charge < -0.3 is 17.7 Å². The Morgan fingerprint density at radius 2 is 0.748 bits per heavy atom. The number of rotatable bonds is 12. The SMILES string of the molecule is Cc1ccc2c(n1)oc1c(-c3cc(-c4ccc(F)cc4)cc[n+]3C)c(C)ccc12.Cc1ccc2c(n1)oc1c(-c3cc(-c4ccccc4)cc[n+]3C)c(C)ccc12.[2H]C([2H])([2H])C([2H])(C)Cc1cc(-c2ccc(-c3c(C)ccc4c3oc3ncccc34)[n+](C)c2)ccc1F.[2H]C([2H])([2H])C([2H])(C)c1cc(-c2ccc(-c3c(C)ccc4c3oc3ncccc34)[n+](C)c2)cc(C([2H])(C([2H])([2H])[2H])C([2H])([2H])[2H])c1F. The summed E-state index contributed by atoms with van der Waals surface area (Å²) in [4.78, 5) is 17.8. The van der Waals surface area contributed by atoms with E-state index in [-0.39, 0.29) is 23.4 Å². The Balaban J connectivity index is 0.000000129. The van der Waals surface area contributed by atoms with Crippen molar-refractivity contribution in [2.75, 3.05) is 0 Å². The predicted molar refractivity (Wildman–Crippen MR) is 489 cm³/mol. The highest BCUT2D eigenvalue weighted by molar-refractivity contribution is 6.12. The Labute approximate surface area is 734 Å². The van der Waals surface area contributed by atoms with Gasteiger partial charge in [0.15, 0.2) is 47.1 Å². The number of aromatic nitrogens is 8. The third-order valence-electron chi connectivity index (χ3n) is 22.8. The number of hydrogen-bond acceptors (Lipinski definition) is 8. The monoisotopic (exact) mass is 1640 g/mol. The van der Waals surface area contributed by atoms with Gasteiger partial charge in [-0.1, -0.05) is 138 Å². The van der Waals surface area contributed by atoms with Crippen molar-refractivity contribution in [3.05, 3.63) is 335 Å². The summed E-state index contributed by atoms with van der Waals surface area (Å²) < 4.78 is 196. The van der Waals surface area contributed by atoms with Crippen LogP contribution in [0.1, 0.15) is 124 Å². The Kier molecular flexibility index (Phi) is 17.7. The van der Waals surface area contributed by atoms with Crippen LogP contribution in [0.3, 0.4) is 0 Å². The van der Waals surface area contributed by atoms with Gasteiger partial charge in [0, 0.05) is 135 Å². The molecule has 0 saturated carbocycles. The number of aryl methyl sites for hydroxylation is 10. The lowest BCUT2D eigenvalue weighted by molar-refractivity contribution is -0.660. The summed E-state index contributed by atoms with van der Waals surface area (Å²) in [6.07, 6.45) is 10.9. The molecule has 8 aromatic carbocycles. The molecule has 15 heteroatoms. The summed E-state index contributed by atoms with van der Waals surface area (Å²) in [7, 11) is 7.78. The maximum Gasteiger partial charge on any atom is 0.227 e. The van der Waals surface area contributed by atoms with Crippen LogP contribution in [0.5, 0.6) is 0 Å². The van der Waals surface area contributed by atoms with Crippen LogP contribution in [0.15, 0.2) is 285 Å². The zero-order valence-corrected chi connectivity index (χ0v) is 70.0. The second-order valence-corrected chi connectivity index (χ2v) is 31.4. The van der Waals surface area contributed by atoms with Gasteiger partial charge in [-0.05, 0) is 235 Å². The van der Waals surface area contributed by atoms with Gasteiger partial charge in [-0.3, -0.25) is 0 Å². The third kappa shape index (κ3) is 15.8. The minimum absolute atomic E-state index is 0.0410. The van der Waals surface area contributed by atoms with Crippen molar-refractivity contribution in [2.45, 2.75) is 101 Å². The van der Waals surface area contributed by atoms with E-state index in [4.69, 9.17) is 38.2 Å². The lowest BCUT2D eigenvalue weighted by Crippen LogP contribution is -2.31. The second kappa shape index (κ2) is 33.5. The Hall–Kier alpha value is -14.1. The zero-order valence-electron chi connectivity index (χ0n) is 85.0. The summed E-state index contributed by atoms with van der Waals surface area (Å²) in [6, 6.07) is 72.0. The van der Waals surface area contributed by atoms with Crippen LogP contribution in [0, 0.1) is 64.9 Å². The normalized spacial score (nSPS) is 14.9. The molecule has 0 spiro atoms. The molecule has 20 aromatic rings. The van der Waals surface area contributed by atoms with Crippen molar-refractivity contribution in [2.24, 2.45) is 34.1 Å².